The van der Waals surface area contributed by atoms with E-state index >= 15 is 0 Å². The average Bonchev–Trinajstić information content (AvgIpc) is 2.62. The highest BCUT2D eigenvalue weighted by molar-refractivity contribution is 8.02. The monoisotopic (exact) mass is 242 g/mol. The zero-order chi connectivity index (χ0) is 11.4. The first kappa shape index (κ1) is 12.3. The number of rotatable bonds is 3. The van der Waals surface area contributed by atoms with Crippen LogP contribution in [-0.4, -0.2) is 21.1 Å². The Morgan fingerprint density at radius 1 is 1.00 bits per heavy atom. The second-order valence-corrected chi connectivity index (χ2v) is 6.92. The van der Waals surface area contributed by atoms with E-state index in [1.165, 1.54) is 38.5 Å². The van der Waals surface area contributed by atoms with E-state index in [2.05, 4.69) is 0 Å². The Morgan fingerprint density at radius 2 is 1.56 bits per heavy atom. The molecule has 2 saturated carbocycles. The highest BCUT2D eigenvalue weighted by Crippen LogP contribution is 2.45. The van der Waals surface area contributed by atoms with Gasteiger partial charge in [0.1, 0.15) is 4.75 Å². The third-order valence-corrected chi connectivity index (χ3v) is 5.83. The van der Waals surface area contributed by atoms with Gasteiger partial charge in [-0.2, -0.15) is 0 Å². The molecule has 0 radical (unpaired) electrons. The second kappa shape index (κ2) is 5.44. The predicted octanol–water partition coefficient (Wildman–Crippen LogP) is 3.84. The van der Waals surface area contributed by atoms with Crippen molar-refractivity contribution in [1.29, 1.82) is 0 Å². The number of hydrogen-bond acceptors (Lipinski definition) is 2. The molecule has 0 heterocycles. The van der Waals surface area contributed by atoms with Crippen molar-refractivity contribution in [3.8, 4) is 0 Å². The molecule has 0 amide bonds. The molecule has 0 unspecified atom stereocenters. The topological polar surface area (TPSA) is 37.3 Å². The normalized spacial score (nSPS) is 26.5. The first-order chi connectivity index (χ1) is 7.73. The summed E-state index contributed by atoms with van der Waals surface area (Å²) in [5.74, 6) is -0.550. The van der Waals surface area contributed by atoms with Gasteiger partial charge in [0.25, 0.3) is 0 Å². The summed E-state index contributed by atoms with van der Waals surface area (Å²) >= 11 is 1.80. The van der Waals surface area contributed by atoms with Gasteiger partial charge in [-0.15, -0.1) is 11.8 Å². The van der Waals surface area contributed by atoms with Crippen LogP contribution in [0.25, 0.3) is 0 Å². The molecule has 2 aliphatic carbocycles. The molecule has 0 aromatic carbocycles. The summed E-state index contributed by atoms with van der Waals surface area (Å²) in [6.07, 6.45) is 11.5. The fraction of sp³-hybridized carbons (Fsp3) is 0.923. The molecular formula is C13H22O2S. The van der Waals surface area contributed by atoms with E-state index in [0.29, 0.717) is 5.25 Å². The van der Waals surface area contributed by atoms with E-state index in [0.717, 1.165) is 25.7 Å². The molecule has 0 aliphatic heterocycles. The lowest BCUT2D eigenvalue weighted by molar-refractivity contribution is -0.140. The Hall–Kier alpha value is -0.180. The van der Waals surface area contributed by atoms with Gasteiger partial charge in [0.15, 0.2) is 0 Å². The van der Waals surface area contributed by atoms with Crippen LogP contribution in [0.1, 0.15) is 64.2 Å². The summed E-state index contributed by atoms with van der Waals surface area (Å²) in [6.45, 7) is 0. The average molecular weight is 242 g/mol. The molecule has 1 N–H and O–H groups in total. The highest BCUT2D eigenvalue weighted by Gasteiger charge is 2.41. The quantitative estimate of drug-likeness (QED) is 0.764. The van der Waals surface area contributed by atoms with Crippen molar-refractivity contribution < 1.29 is 9.90 Å². The summed E-state index contributed by atoms with van der Waals surface area (Å²) < 4.78 is -0.439. The molecule has 92 valence electrons. The Kier molecular flexibility index (Phi) is 4.17. The van der Waals surface area contributed by atoms with Crippen molar-refractivity contribution in [2.24, 2.45) is 0 Å². The molecule has 2 rings (SSSR count). The summed E-state index contributed by atoms with van der Waals surface area (Å²) in [7, 11) is 0. The number of carbonyl (C=O) groups is 1. The minimum Gasteiger partial charge on any atom is -0.480 e. The van der Waals surface area contributed by atoms with Gasteiger partial charge >= 0.3 is 5.97 Å². The molecule has 0 atom stereocenters. The SMILES string of the molecule is O=C(O)C1(SC2CCCC2)CCCCCC1. The smallest absolute Gasteiger partial charge is 0.319 e. The maximum absolute atomic E-state index is 11.6. The maximum atomic E-state index is 11.6. The van der Waals surface area contributed by atoms with E-state index in [1.54, 1.807) is 11.8 Å². The largest absolute Gasteiger partial charge is 0.480 e. The number of thioether (sulfide) groups is 1. The van der Waals surface area contributed by atoms with Crippen molar-refractivity contribution in [3.63, 3.8) is 0 Å². The first-order valence-corrected chi connectivity index (χ1v) is 7.52. The van der Waals surface area contributed by atoms with Crippen LogP contribution in [0, 0.1) is 0 Å². The van der Waals surface area contributed by atoms with Crippen molar-refractivity contribution in [2.75, 3.05) is 0 Å². The predicted molar refractivity (Wildman–Crippen MR) is 67.9 cm³/mol. The molecule has 0 bridgehead atoms. The minimum atomic E-state index is -0.550. The van der Waals surface area contributed by atoms with Gasteiger partial charge in [0.2, 0.25) is 0 Å². The standard InChI is InChI=1S/C13H22O2S/c14-12(15)13(9-5-1-2-6-10-13)16-11-7-3-4-8-11/h11H,1-10H2,(H,14,15). The maximum Gasteiger partial charge on any atom is 0.319 e. The molecule has 2 fully saturated rings. The van der Waals surface area contributed by atoms with E-state index < -0.39 is 10.7 Å². The Bertz CT molecular complexity index is 238. The number of carboxylic acids is 1. The van der Waals surface area contributed by atoms with Gasteiger partial charge in [0, 0.05) is 5.25 Å². The molecule has 2 aliphatic rings. The van der Waals surface area contributed by atoms with Gasteiger partial charge in [-0.05, 0) is 25.7 Å². The summed E-state index contributed by atoms with van der Waals surface area (Å²) in [5, 5.41) is 10.2. The van der Waals surface area contributed by atoms with Crippen molar-refractivity contribution in [1.82, 2.24) is 0 Å². The van der Waals surface area contributed by atoms with E-state index in [-0.39, 0.29) is 0 Å². The lowest BCUT2D eigenvalue weighted by Gasteiger charge is -2.30. The number of hydrogen-bond donors (Lipinski definition) is 1. The molecule has 0 spiro atoms. The molecule has 3 heteroatoms. The number of aliphatic carboxylic acids is 1. The summed E-state index contributed by atoms with van der Waals surface area (Å²) in [6, 6.07) is 0. The molecule has 0 saturated heterocycles. The van der Waals surface area contributed by atoms with Crippen molar-refractivity contribution >= 4 is 17.7 Å². The zero-order valence-corrected chi connectivity index (χ0v) is 10.7. The Morgan fingerprint density at radius 3 is 2.06 bits per heavy atom. The minimum absolute atomic E-state index is 0.439. The molecule has 2 nitrogen and oxygen atoms in total. The van der Waals surface area contributed by atoms with Crippen molar-refractivity contribution in [2.45, 2.75) is 74.2 Å². The van der Waals surface area contributed by atoms with Crippen molar-refractivity contribution in [3.05, 3.63) is 0 Å². The van der Waals surface area contributed by atoms with E-state index in [1.807, 2.05) is 0 Å². The third-order valence-electron chi connectivity index (χ3n) is 4.00. The highest BCUT2D eigenvalue weighted by atomic mass is 32.2. The fourth-order valence-electron chi connectivity index (χ4n) is 3.01. The number of carboxylic acid groups (broad SMARTS) is 1. The van der Waals surface area contributed by atoms with Crippen LogP contribution in [0.3, 0.4) is 0 Å². The zero-order valence-electron chi connectivity index (χ0n) is 9.91. The summed E-state index contributed by atoms with van der Waals surface area (Å²) in [5.41, 5.74) is 0. The molecule has 0 aromatic heterocycles. The van der Waals surface area contributed by atoms with Crippen LogP contribution >= 0.6 is 11.8 Å². The van der Waals surface area contributed by atoms with Gasteiger partial charge in [-0.1, -0.05) is 38.5 Å². The van der Waals surface area contributed by atoms with Gasteiger partial charge in [-0.25, -0.2) is 0 Å². The van der Waals surface area contributed by atoms with Crippen LogP contribution in [0.4, 0.5) is 0 Å². The molecule has 0 aromatic rings. The van der Waals surface area contributed by atoms with E-state index in [9.17, 15) is 9.90 Å². The Labute approximate surface area is 102 Å². The van der Waals surface area contributed by atoms with Gasteiger partial charge in [-0.3, -0.25) is 4.79 Å². The first-order valence-electron chi connectivity index (χ1n) is 6.64. The Balaban J connectivity index is 2.03. The van der Waals surface area contributed by atoms with Crippen LogP contribution in [0.2, 0.25) is 0 Å². The van der Waals surface area contributed by atoms with E-state index in [4.69, 9.17) is 0 Å². The fourth-order valence-corrected chi connectivity index (χ4v) is 4.84. The third kappa shape index (κ3) is 2.73. The van der Waals surface area contributed by atoms with Crippen LogP contribution in [0.5, 0.6) is 0 Å². The van der Waals surface area contributed by atoms with Crippen LogP contribution < -0.4 is 0 Å². The summed E-state index contributed by atoms with van der Waals surface area (Å²) in [4.78, 5) is 11.6. The van der Waals surface area contributed by atoms with Gasteiger partial charge in [0.05, 0.1) is 0 Å². The van der Waals surface area contributed by atoms with Crippen LogP contribution in [0.15, 0.2) is 0 Å². The second-order valence-electron chi connectivity index (χ2n) is 5.24. The van der Waals surface area contributed by atoms with Gasteiger partial charge < -0.3 is 5.11 Å². The van der Waals surface area contributed by atoms with Crippen LogP contribution in [-0.2, 0) is 4.79 Å². The lowest BCUT2D eigenvalue weighted by Crippen LogP contribution is -2.36. The molecular weight excluding hydrogens is 220 g/mol. The molecule has 16 heavy (non-hydrogen) atoms. The lowest BCUT2D eigenvalue weighted by atomic mass is 9.99.